The van der Waals surface area contributed by atoms with Crippen LogP contribution in [0.1, 0.15) is 36.8 Å². The molecule has 0 radical (unpaired) electrons. The van der Waals surface area contributed by atoms with Crippen LogP contribution in [-0.4, -0.2) is 68.2 Å². The Labute approximate surface area is 154 Å². The number of nitrogens with zero attached hydrogens (tertiary/aromatic N) is 4. The van der Waals surface area contributed by atoms with E-state index in [2.05, 4.69) is 4.98 Å². The summed E-state index contributed by atoms with van der Waals surface area (Å²) >= 11 is 0. The highest BCUT2D eigenvalue weighted by Crippen LogP contribution is 2.36. The molecule has 0 saturated carbocycles. The maximum absolute atomic E-state index is 12.4. The van der Waals surface area contributed by atoms with E-state index in [1.54, 1.807) is 12.0 Å². The predicted octanol–water partition coefficient (Wildman–Crippen LogP) is 0.634. The molecule has 1 amide bonds. The summed E-state index contributed by atoms with van der Waals surface area (Å²) in [4.78, 5) is 23.4. The van der Waals surface area contributed by atoms with Gasteiger partial charge in [0.25, 0.3) is 0 Å². The van der Waals surface area contributed by atoms with Crippen molar-refractivity contribution in [2.45, 2.75) is 38.5 Å². The third-order valence-electron chi connectivity index (χ3n) is 5.27. The van der Waals surface area contributed by atoms with E-state index < -0.39 is 15.4 Å². The summed E-state index contributed by atoms with van der Waals surface area (Å²) in [5.41, 5.74) is 1.17. The first-order chi connectivity index (χ1) is 12.2. The normalized spacial score (nSPS) is 24.2. The molecule has 1 aromatic rings. The second kappa shape index (κ2) is 6.86. The van der Waals surface area contributed by atoms with E-state index in [1.807, 2.05) is 13.8 Å². The molecule has 0 bridgehead atoms. The minimum atomic E-state index is -3.26. The molecular formula is C17H26N4O4S. The van der Waals surface area contributed by atoms with E-state index in [1.165, 1.54) is 10.6 Å². The number of rotatable bonds is 5. The number of aromatic nitrogens is 2. The number of amides is 1. The minimum Gasteiger partial charge on any atom is -0.383 e. The molecule has 144 valence electrons. The first kappa shape index (κ1) is 19.2. The Bertz CT molecular complexity index is 826. The molecule has 0 N–H and O–H groups in total. The molecule has 0 aromatic carbocycles. The highest BCUT2D eigenvalue weighted by Gasteiger charge is 2.40. The Morgan fingerprint density at radius 2 is 2.04 bits per heavy atom. The van der Waals surface area contributed by atoms with E-state index >= 15 is 0 Å². The van der Waals surface area contributed by atoms with Crippen molar-refractivity contribution < 1.29 is 17.9 Å². The second-order valence-corrected chi connectivity index (χ2v) is 9.39. The van der Waals surface area contributed by atoms with Crippen LogP contribution in [0.5, 0.6) is 0 Å². The van der Waals surface area contributed by atoms with Crippen molar-refractivity contribution in [2.75, 3.05) is 44.5 Å². The van der Waals surface area contributed by atoms with Crippen molar-refractivity contribution in [3.63, 3.8) is 0 Å². The molecule has 8 nitrogen and oxygen atoms in total. The lowest BCUT2D eigenvalue weighted by Crippen LogP contribution is -2.47. The Morgan fingerprint density at radius 1 is 1.31 bits per heavy atom. The van der Waals surface area contributed by atoms with Gasteiger partial charge < -0.3 is 4.74 Å². The Hall–Kier alpha value is -1.58. The van der Waals surface area contributed by atoms with Gasteiger partial charge in [-0.05, 0) is 19.8 Å². The number of carbonyl (C=O) groups is 1. The van der Waals surface area contributed by atoms with Crippen molar-refractivity contribution in [2.24, 2.45) is 0 Å². The molecule has 9 heteroatoms. The summed E-state index contributed by atoms with van der Waals surface area (Å²) in [6.07, 6.45) is 3.11. The highest BCUT2D eigenvalue weighted by molar-refractivity contribution is 7.88. The molecule has 3 rings (SSSR count). The highest BCUT2D eigenvalue weighted by atomic mass is 32.2. The predicted molar refractivity (Wildman–Crippen MR) is 97.7 cm³/mol. The molecule has 1 atom stereocenters. The van der Waals surface area contributed by atoms with Crippen LogP contribution >= 0.6 is 0 Å². The average Bonchev–Trinajstić information content (AvgIpc) is 2.88. The second-order valence-electron chi connectivity index (χ2n) is 7.41. The van der Waals surface area contributed by atoms with Crippen molar-refractivity contribution >= 4 is 21.7 Å². The maximum atomic E-state index is 12.4. The van der Waals surface area contributed by atoms with Gasteiger partial charge in [0.15, 0.2) is 0 Å². The number of anilines is 1. The minimum absolute atomic E-state index is 0.00170. The number of piperidine rings is 1. The van der Waals surface area contributed by atoms with Crippen LogP contribution in [0.15, 0.2) is 0 Å². The zero-order valence-corrected chi connectivity index (χ0v) is 16.6. The van der Waals surface area contributed by atoms with Crippen LogP contribution < -0.4 is 4.90 Å². The molecule has 0 aliphatic carbocycles. The SMILES string of the molecule is COCCN1C(=O)Cc2c(C)nc([C@]3(C)CCCN(S(C)(=O)=O)C3)nc21. The number of ether oxygens (including phenoxy) is 1. The zero-order chi connectivity index (χ0) is 19.1. The van der Waals surface area contributed by atoms with Crippen molar-refractivity contribution in [3.8, 4) is 0 Å². The fourth-order valence-electron chi connectivity index (χ4n) is 3.72. The quantitative estimate of drug-likeness (QED) is 0.742. The molecule has 1 aromatic heterocycles. The van der Waals surface area contributed by atoms with Gasteiger partial charge in [0.1, 0.15) is 11.6 Å². The number of sulfonamides is 1. The molecule has 0 spiro atoms. The van der Waals surface area contributed by atoms with E-state index in [9.17, 15) is 13.2 Å². The van der Waals surface area contributed by atoms with E-state index in [-0.39, 0.29) is 5.91 Å². The van der Waals surface area contributed by atoms with Gasteiger partial charge in [-0.3, -0.25) is 9.69 Å². The third-order valence-corrected chi connectivity index (χ3v) is 6.52. The molecule has 1 fully saturated rings. The Kier molecular flexibility index (Phi) is 5.06. The van der Waals surface area contributed by atoms with E-state index in [0.717, 1.165) is 24.1 Å². The molecule has 1 saturated heterocycles. The Balaban J connectivity index is 1.98. The van der Waals surface area contributed by atoms with Crippen LogP contribution in [0.2, 0.25) is 0 Å². The summed E-state index contributed by atoms with van der Waals surface area (Å²) in [6, 6.07) is 0. The lowest BCUT2D eigenvalue weighted by Gasteiger charge is -2.38. The largest absolute Gasteiger partial charge is 0.383 e. The van der Waals surface area contributed by atoms with Crippen LogP contribution in [0.25, 0.3) is 0 Å². The number of carbonyl (C=O) groups excluding carboxylic acids is 1. The first-order valence-electron chi connectivity index (χ1n) is 8.78. The third kappa shape index (κ3) is 3.47. The van der Waals surface area contributed by atoms with Crippen molar-refractivity contribution in [3.05, 3.63) is 17.1 Å². The van der Waals surface area contributed by atoms with Crippen LogP contribution in [0.4, 0.5) is 5.82 Å². The fraction of sp³-hybridized carbons (Fsp3) is 0.706. The van der Waals surface area contributed by atoms with Crippen LogP contribution in [-0.2, 0) is 31.4 Å². The number of hydrogen-bond donors (Lipinski definition) is 0. The van der Waals surface area contributed by atoms with Gasteiger partial charge in [0.05, 0.1) is 25.8 Å². The van der Waals surface area contributed by atoms with Gasteiger partial charge in [-0.1, -0.05) is 6.92 Å². The van der Waals surface area contributed by atoms with Gasteiger partial charge in [0.2, 0.25) is 15.9 Å². The molecular weight excluding hydrogens is 356 g/mol. The zero-order valence-electron chi connectivity index (χ0n) is 15.8. The summed E-state index contributed by atoms with van der Waals surface area (Å²) in [7, 11) is -1.66. The monoisotopic (exact) mass is 382 g/mol. The molecule has 3 heterocycles. The van der Waals surface area contributed by atoms with Gasteiger partial charge in [0, 0.05) is 36.9 Å². The smallest absolute Gasteiger partial charge is 0.232 e. The summed E-state index contributed by atoms with van der Waals surface area (Å²) in [5.74, 6) is 1.25. The van der Waals surface area contributed by atoms with Crippen LogP contribution in [0.3, 0.4) is 0 Å². The van der Waals surface area contributed by atoms with Crippen molar-refractivity contribution in [1.29, 1.82) is 0 Å². The van der Waals surface area contributed by atoms with Gasteiger partial charge in [-0.25, -0.2) is 22.7 Å². The molecule has 2 aliphatic heterocycles. The molecule has 26 heavy (non-hydrogen) atoms. The van der Waals surface area contributed by atoms with Crippen molar-refractivity contribution in [1.82, 2.24) is 14.3 Å². The maximum Gasteiger partial charge on any atom is 0.232 e. The molecule has 0 unspecified atom stereocenters. The lowest BCUT2D eigenvalue weighted by molar-refractivity contribution is -0.117. The summed E-state index contributed by atoms with van der Waals surface area (Å²) in [5, 5.41) is 0. The Morgan fingerprint density at radius 3 is 2.69 bits per heavy atom. The fourth-order valence-corrected chi connectivity index (χ4v) is 4.70. The van der Waals surface area contributed by atoms with Crippen LogP contribution in [0, 0.1) is 6.92 Å². The number of fused-ring (bicyclic) bond motifs is 1. The summed E-state index contributed by atoms with van der Waals surface area (Å²) < 4.78 is 30.6. The average molecular weight is 382 g/mol. The first-order valence-corrected chi connectivity index (χ1v) is 10.6. The molecule has 2 aliphatic rings. The van der Waals surface area contributed by atoms with E-state index in [0.29, 0.717) is 44.3 Å². The number of methoxy groups -OCH3 is 1. The van der Waals surface area contributed by atoms with Gasteiger partial charge in [-0.2, -0.15) is 0 Å². The number of aryl methyl sites for hydroxylation is 1. The standard InChI is InChI=1S/C17H26N4O4S/c1-12-13-10-14(22)21(8-9-25-3)15(13)19-16(18-12)17(2)6-5-7-20(11-17)26(4,23)24/h5-11H2,1-4H3/t17-/m1/s1. The van der Waals surface area contributed by atoms with E-state index in [4.69, 9.17) is 9.72 Å². The topological polar surface area (TPSA) is 92.7 Å². The lowest BCUT2D eigenvalue weighted by atomic mass is 9.81. The summed E-state index contributed by atoms with van der Waals surface area (Å²) in [6.45, 7) is 5.65. The van der Waals surface area contributed by atoms with Gasteiger partial charge >= 0.3 is 0 Å². The number of hydrogen-bond acceptors (Lipinski definition) is 6. The van der Waals surface area contributed by atoms with Gasteiger partial charge in [-0.15, -0.1) is 0 Å².